The van der Waals surface area contributed by atoms with E-state index in [0.29, 0.717) is 32.4 Å². The summed E-state index contributed by atoms with van der Waals surface area (Å²) >= 11 is 0. The molecule has 2 aromatic rings. The summed E-state index contributed by atoms with van der Waals surface area (Å²) in [5.41, 5.74) is 2.69. The minimum absolute atomic E-state index is 0.0737. The van der Waals surface area contributed by atoms with E-state index in [9.17, 15) is 14.9 Å². The molecule has 3 aliphatic rings. The molecule has 2 saturated carbocycles. The zero-order valence-electron chi connectivity index (χ0n) is 17.9. The summed E-state index contributed by atoms with van der Waals surface area (Å²) in [5, 5.41) is 13.4. The first-order valence-electron chi connectivity index (χ1n) is 11.2. The molecular weight excluding hydrogens is 392 g/mol. The van der Waals surface area contributed by atoms with Crippen molar-refractivity contribution >= 4 is 22.7 Å². The van der Waals surface area contributed by atoms with E-state index in [0.717, 1.165) is 47.9 Å². The van der Waals surface area contributed by atoms with Crippen LogP contribution >= 0.6 is 0 Å². The lowest BCUT2D eigenvalue weighted by Crippen LogP contribution is -2.48. The predicted octanol–water partition coefficient (Wildman–Crippen LogP) is 3.04. The number of methoxy groups -OCH3 is 1. The second-order valence-corrected chi connectivity index (χ2v) is 9.18. The van der Waals surface area contributed by atoms with Gasteiger partial charge in [0.15, 0.2) is 0 Å². The van der Waals surface area contributed by atoms with Crippen LogP contribution in [0.4, 0.5) is 0 Å². The van der Waals surface area contributed by atoms with Crippen LogP contribution in [0.5, 0.6) is 5.75 Å². The topological polar surface area (TPSA) is 98.2 Å². The van der Waals surface area contributed by atoms with E-state index < -0.39 is 5.54 Å². The molecule has 7 nitrogen and oxygen atoms in total. The Kier molecular flexibility index (Phi) is 4.88. The number of nitriles is 1. The minimum Gasteiger partial charge on any atom is -0.497 e. The molecule has 0 saturated heterocycles. The molecule has 1 aromatic heterocycles. The first-order valence-corrected chi connectivity index (χ1v) is 11.2. The van der Waals surface area contributed by atoms with Gasteiger partial charge >= 0.3 is 0 Å². The van der Waals surface area contributed by atoms with E-state index in [1.807, 2.05) is 23.1 Å². The van der Waals surface area contributed by atoms with Crippen LogP contribution in [0.15, 0.2) is 18.2 Å². The number of aromatic nitrogens is 1. The molecular formula is C24H28N4O3. The quantitative estimate of drug-likeness (QED) is 0.794. The number of hydrogen-bond acceptors (Lipinski definition) is 4. The van der Waals surface area contributed by atoms with Crippen molar-refractivity contribution in [2.24, 2.45) is 11.8 Å². The summed E-state index contributed by atoms with van der Waals surface area (Å²) in [5.74, 6) is 0.116. The van der Waals surface area contributed by atoms with E-state index in [-0.39, 0.29) is 23.7 Å². The zero-order valence-corrected chi connectivity index (χ0v) is 17.9. The van der Waals surface area contributed by atoms with E-state index in [1.54, 1.807) is 7.11 Å². The maximum Gasteiger partial charge on any atom is 0.226 e. The molecule has 0 bridgehead atoms. The molecule has 0 radical (unpaired) electrons. The molecule has 2 aliphatic carbocycles. The third-order valence-electron chi connectivity index (χ3n) is 7.24. The van der Waals surface area contributed by atoms with Crippen molar-refractivity contribution in [1.29, 1.82) is 5.26 Å². The van der Waals surface area contributed by atoms with Gasteiger partial charge in [-0.2, -0.15) is 5.26 Å². The molecule has 2 heterocycles. The largest absolute Gasteiger partial charge is 0.497 e. The number of benzene rings is 1. The summed E-state index contributed by atoms with van der Waals surface area (Å²) in [6.45, 7) is 1.21. The van der Waals surface area contributed by atoms with E-state index in [4.69, 9.17) is 4.74 Å². The minimum atomic E-state index is -0.689. The van der Waals surface area contributed by atoms with Gasteiger partial charge in [0, 0.05) is 53.5 Å². The van der Waals surface area contributed by atoms with Crippen LogP contribution < -0.4 is 10.1 Å². The molecule has 31 heavy (non-hydrogen) atoms. The van der Waals surface area contributed by atoms with Gasteiger partial charge in [-0.15, -0.1) is 0 Å². The highest BCUT2D eigenvalue weighted by molar-refractivity contribution is 5.90. The summed E-state index contributed by atoms with van der Waals surface area (Å²) in [4.78, 5) is 31.9. The van der Waals surface area contributed by atoms with Crippen molar-refractivity contribution in [3.63, 3.8) is 0 Å². The summed E-state index contributed by atoms with van der Waals surface area (Å²) in [6, 6.07) is 8.20. The number of nitrogens with zero attached hydrogens (tertiary/aromatic N) is 2. The highest BCUT2D eigenvalue weighted by Gasteiger charge is 2.47. The number of carbonyl (C=O) groups is 2. The first kappa shape index (κ1) is 19.9. The number of hydrogen-bond donors (Lipinski definition) is 2. The monoisotopic (exact) mass is 420 g/mol. The second-order valence-electron chi connectivity index (χ2n) is 9.18. The molecule has 162 valence electrons. The molecule has 1 unspecified atom stereocenters. The standard InChI is InChI=1S/C24H28N4O3/c1-31-15-6-7-20-18(12-15)19-13-28(11-8-21(19)26-20)23(30)17-5-3-2-4-16(17)22(29)27-24(14-25)9-10-24/h6-7,12,16-17,26H,2-5,8-11,13H2,1H3,(H,27,29)/t16-,17?/m1/s1. The van der Waals surface area contributed by atoms with Gasteiger partial charge in [-0.05, 0) is 43.9 Å². The smallest absolute Gasteiger partial charge is 0.226 e. The Bertz CT molecular complexity index is 1080. The van der Waals surface area contributed by atoms with Gasteiger partial charge in [0.05, 0.1) is 13.2 Å². The molecule has 0 spiro atoms. The third kappa shape index (κ3) is 3.54. The van der Waals surface area contributed by atoms with Crippen LogP contribution in [0.1, 0.15) is 49.8 Å². The van der Waals surface area contributed by atoms with Crippen LogP contribution in [0.25, 0.3) is 10.9 Å². The van der Waals surface area contributed by atoms with Crippen LogP contribution in [-0.4, -0.2) is 40.9 Å². The van der Waals surface area contributed by atoms with Gasteiger partial charge in [-0.1, -0.05) is 12.8 Å². The number of aromatic amines is 1. The van der Waals surface area contributed by atoms with Crippen LogP contribution in [0.3, 0.4) is 0 Å². The molecule has 2 amide bonds. The molecule has 1 aliphatic heterocycles. The van der Waals surface area contributed by atoms with Crippen LogP contribution in [0, 0.1) is 23.2 Å². The summed E-state index contributed by atoms with van der Waals surface area (Å²) in [7, 11) is 1.66. The Hall–Kier alpha value is -3.01. The van der Waals surface area contributed by atoms with Crippen molar-refractivity contribution in [3.8, 4) is 11.8 Å². The van der Waals surface area contributed by atoms with E-state index >= 15 is 0 Å². The predicted molar refractivity (Wildman–Crippen MR) is 115 cm³/mol. The average Bonchev–Trinajstić information content (AvgIpc) is 3.49. The molecule has 2 fully saturated rings. The number of H-pyrrole nitrogens is 1. The number of ether oxygens (including phenoxy) is 1. The van der Waals surface area contributed by atoms with Crippen molar-refractivity contribution in [3.05, 3.63) is 29.5 Å². The fourth-order valence-electron chi connectivity index (χ4n) is 5.20. The van der Waals surface area contributed by atoms with Crippen molar-refractivity contribution in [2.75, 3.05) is 13.7 Å². The molecule has 1 aromatic carbocycles. The van der Waals surface area contributed by atoms with Crippen LogP contribution in [0.2, 0.25) is 0 Å². The zero-order chi connectivity index (χ0) is 21.6. The van der Waals surface area contributed by atoms with Crippen LogP contribution in [-0.2, 0) is 22.6 Å². The highest BCUT2D eigenvalue weighted by Crippen LogP contribution is 2.38. The van der Waals surface area contributed by atoms with Gasteiger partial charge in [-0.25, -0.2) is 0 Å². The average molecular weight is 421 g/mol. The fraction of sp³-hybridized carbons (Fsp3) is 0.542. The molecule has 7 heteroatoms. The SMILES string of the molecule is COc1ccc2[nH]c3c(c2c1)CN(C(=O)C1CCCC[C@H]1C(=O)NC1(C#N)CC1)CC3. The van der Waals surface area contributed by atoms with E-state index in [2.05, 4.69) is 16.4 Å². The lowest BCUT2D eigenvalue weighted by molar-refractivity contribution is -0.144. The fourth-order valence-corrected chi connectivity index (χ4v) is 5.20. The van der Waals surface area contributed by atoms with Crippen molar-refractivity contribution in [2.45, 2.75) is 57.0 Å². The maximum atomic E-state index is 13.6. The normalized spacial score (nSPS) is 24.2. The summed E-state index contributed by atoms with van der Waals surface area (Å²) in [6.07, 6.45) is 5.56. The van der Waals surface area contributed by atoms with Gasteiger partial charge in [0.1, 0.15) is 11.3 Å². The van der Waals surface area contributed by atoms with E-state index in [1.165, 1.54) is 5.69 Å². The molecule has 2 N–H and O–H groups in total. The lowest BCUT2D eigenvalue weighted by Gasteiger charge is -2.36. The number of carbonyl (C=O) groups excluding carboxylic acids is 2. The maximum absolute atomic E-state index is 13.6. The van der Waals surface area contributed by atoms with Gasteiger partial charge in [0.2, 0.25) is 11.8 Å². The van der Waals surface area contributed by atoms with Gasteiger partial charge < -0.3 is 19.9 Å². The van der Waals surface area contributed by atoms with Crippen molar-refractivity contribution < 1.29 is 14.3 Å². The number of rotatable bonds is 4. The highest BCUT2D eigenvalue weighted by atomic mass is 16.5. The first-order chi connectivity index (χ1) is 15.0. The third-order valence-corrected chi connectivity index (χ3v) is 7.24. The Morgan fingerprint density at radius 1 is 1.26 bits per heavy atom. The van der Waals surface area contributed by atoms with Gasteiger partial charge in [0.25, 0.3) is 0 Å². The molecule has 2 atom stereocenters. The number of fused-ring (bicyclic) bond motifs is 3. The number of nitrogens with one attached hydrogen (secondary N) is 2. The Morgan fingerprint density at radius 3 is 2.74 bits per heavy atom. The Labute approximate surface area is 181 Å². The van der Waals surface area contributed by atoms with Crippen molar-refractivity contribution in [1.82, 2.24) is 15.2 Å². The second kappa shape index (κ2) is 7.60. The van der Waals surface area contributed by atoms with Gasteiger partial charge in [-0.3, -0.25) is 9.59 Å². The molecule has 5 rings (SSSR count). The Balaban J connectivity index is 1.36. The lowest BCUT2D eigenvalue weighted by atomic mass is 9.77. The number of amides is 2. The summed E-state index contributed by atoms with van der Waals surface area (Å²) < 4.78 is 5.38. The Morgan fingerprint density at radius 2 is 2.03 bits per heavy atom.